The number of rotatable bonds is 23. The second-order valence-electron chi connectivity index (χ2n) is 11.0. The zero-order chi connectivity index (χ0) is 24.9. The molecule has 0 spiro atoms. The van der Waals surface area contributed by atoms with Gasteiger partial charge in [0.2, 0.25) is 0 Å². The minimum atomic E-state index is -0.277. The van der Waals surface area contributed by atoms with Gasteiger partial charge >= 0.3 is 5.97 Å². The number of hydrogen-bond donors (Lipinski definition) is 1. The van der Waals surface area contributed by atoms with Gasteiger partial charge in [-0.2, -0.15) is 0 Å². The monoisotopic (exact) mass is 482 g/mol. The summed E-state index contributed by atoms with van der Waals surface area (Å²) in [6.45, 7) is 4.57. The second kappa shape index (κ2) is 21.7. The molecule has 4 heteroatoms. The van der Waals surface area contributed by atoms with Gasteiger partial charge in [0.1, 0.15) is 0 Å². The fourth-order valence-electron chi connectivity index (χ4n) is 5.34. The van der Waals surface area contributed by atoms with Crippen LogP contribution in [0.15, 0.2) is 0 Å². The predicted molar refractivity (Wildman–Crippen MR) is 143 cm³/mol. The Bertz CT molecular complexity index is 467. The molecule has 1 aliphatic heterocycles. The van der Waals surface area contributed by atoms with Crippen LogP contribution >= 0.6 is 0 Å². The number of unbranched alkanes of at least 4 members (excludes halogenated alkanes) is 14. The molecule has 0 aromatic carbocycles. The van der Waals surface area contributed by atoms with E-state index in [1.165, 1.54) is 103 Å². The van der Waals surface area contributed by atoms with Gasteiger partial charge < -0.3 is 14.6 Å². The average molecular weight is 483 g/mol. The molecule has 0 aromatic rings. The smallest absolute Gasteiger partial charge is 0.305 e. The van der Waals surface area contributed by atoms with Crippen molar-refractivity contribution in [3.63, 3.8) is 0 Å². The van der Waals surface area contributed by atoms with Crippen molar-refractivity contribution in [3.05, 3.63) is 0 Å². The van der Waals surface area contributed by atoms with Crippen LogP contribution < -0.4 is 0 Å². The molecule has 1 rings (SSSR count). The molecular weight excluding hydrogens is 424 g/mol. The third kappa shape index (κ3) is 16.9. The predicted octanol–water partition coefficient (Wildman–Crippen LogP) is 8.53. The van der Waals surface area contributed by atoms with Crippen LogP contribution in [0.1, 0.15) is 155 Å². The summed E-state index contributed by atoms with van der Waals surface area (Å²) in [7, 11) is 1.46. The lowest BCUT2D eigenvalue weighted by Gasteiger charge is -2.22. The first-order chi connectivity index (χ1) is 16.6. The fourth-order valence-corrected chi connectivity index (χ4v) is 5.34. The van der Waals surface area contributed by atoms with E-state index in [0.717, 1.165) is 38.5 Å². The van der Waals surface area contributed by atoms with Crippen molar-refractivity contribution >= 4 is 5.97 Å². The topological polar surface area (TPSA) is 55.8 Å². The molecule has 1 fully saturated rings. The van der Waals surface area contributed by atoms with Gasteiger partial charge in [0.25, 0.3) is 0 Å². The van der Waals surface area contributed by atoms with Crippen LogP contribution in [0.5, 0.6) is 0 Å². The number of carbonyl (C=O) groups is 1. The summed E-state index contributed by atoms with van der Waals surface area (Å²) in [5.74, 6) is 0.520. The zero-order valence-electron chi connectivity index (χ0n) is 23.0. The van der Waals surface area contributed by atoms with Gasteiger partial charge in [0, 0.05) is 6.42 Å². The molecule has 1 aliphatic rings. The Morgan fingerprint density at radius 1 is 0.853 bits per heavy atom. The lowest BCUT2D eigenvalue weighted by atomic mass is 9.93. The van der Waals surface area contributed by atoms with Gasteiger partial charge in [-0.05, 0) is 38.0 Å². The highest BCUT2D eigenvalue weighted by Crippen LogP contribution is 2.29. The highest BCUT2D eigenvalue weighted by Gasteiger charge is 2.30. The van der Waals surface area contributed by atoms with Crippen molar-refractivity contribution in [1.29, 1.82) is 0 Å². The maximum Gasteiger partial charge on any atom is 0.305 e. The molecule has 1 saturated heterocycles. The first-order valence-electron chi connectivity index (χ1n) is 15.0. The number of methoxy groups -OCH3 is 1. The van der Waals surface area contributed by atoms with Crippen LogP contribution in [0.4, 0.5) is 0 Å². The van der Waals surface area contributed by atoms with E-state index in [4.69, 9.17) is 4.74 Å². The van der Waals surface area contributed by atoms with Gasteiger partial charge in [0.15, 0.2) is 0 Å². The van der Waals surface area contributed by atoms with Crippen LogP contribution in [-0.4, -0.2) is 36.5 Å². The molecule has 0 aliphatic carbocycles. The first-order valence-corrected chi connectivity index (χ1v) is 15.0. The van der Waals surface area contributed by atoms with E-state index in [1.807, 2.05) is 0 Å². The third-order valence-electron chi connectivity index (χ3n) is 7.65. The largest absolute Gasteiger partial charge is 0.469 e. The summed E-state index contributed by atoms with van der Waals surface area (Å²) in [6.07, 6.45) is 26.8. The first kappa shape index (κ1) is 31.4. The summed E-state index contributed by atoms with van der Waals surface area (Å²) >= 11 is 0. The van der Waals surface area contributed by atoms with E-state index >= 15 is 0 Å². The maximum absolute atomic E-state index is 11.1. The summed E-state index contributed by atoms with van der Waals surface area (Å²) in [5, 5.41) is 10.7. The zero-order valence-corrected chi connectivity index (χ0v) is 23.0. The molecule has 202 valence electrons. The molecule has 0 saturated carbocycles. The van der Waals surface area contributed by atoms with E-state index in [9.17, 15) is 9.90 Å². The molecule has 0 aromatic heterocycles. The number of ether oxygens (including phenoxy) is 2. The molecule has 0 bridgehead atoms. The standard InChI is InChI=1S/C30H58O4/c1-4-5-6-7-14-17-20-26(2)25-28(31)29-24-23-27(34-29)21-18-15-12-10-8-9-11-13-16-19-22-30(32)33-3/h26-29,31H,4-25H2,1-3H3/t26-,27+,28-,29-/m0/s1. The van der Waals surface area contributed by atoms with Crippen molar-refractivity contribution < 1.29 is 19.4 Å². The summed E-state index contributed by atoms with van der Waals surface area (Å²) in [5.41, 5.74) is 0. The van der Waals surface area contributed by atoms with E-state index in [2.05, 4.69) is 18.6 Å². The van der Waals surface area contributed by atoms with Gasteiger partial charge in [-0.3, -0.25) is 4.79 Å². The highest BCUT2D eigenvalue weighted by atomic mass is 16.5. The Hall–Kier alpha value is -0.610. The highest BCUT2D eigenvalue weighted by molar-refractivity contribution is 5.68. The van der Waals surface area contributed by atoms with Crippen LogP contribution in [0.2, 0.25) is 0 Å². The SMILES string of the molecule is CCCCCCCC[C@H](C)C[C@H](O)[C@@H]1CC[C@@H](CCCCCCCCCCCCC(=O)OC)O1. The Morgan fingerprint density at radius 2 is 1.41 bits per heavy atom. The van der Waals surface area contributed by atoms with Crippen molar-refractivity contribution in [3.8, 4) is 0 Å². The molecule has 0 amide bonds. The third-order valence-corrected chi connectivity index (χ3v) is 7.65. The van der Waals surface area contributed by atoms with Crippen molar-refractivity contribution in [1.82, 2.24) is 0 Å². The molecule has 0 radical (unpaired) electrons. The number of hydrogen-bond acceptors (Lipinski definition) is 4. The van der Waals surface area contributed by atoms with E-state index < -0.39 is 0 Å². The molecular formula is C30H58O4. The Morgan fingerprint density at radius 3 is 2.03 bits per heavy atom. The van der Waals surface area contributed by atoms with Gasteiger partial charge in [-0.1, -0.05) is 117 Å². The van der Waals surface area contributed by atoms with E-state index in [1.54, 1.807) is 0 Å². The van der Waals surface area contributed by atoms with Gasteiger partial charge in [0.05, 0.1) is 25.4 Å². The normalized spacial score (nSPS) is 19.9. The van der Waals surface area contributed by atoms with E-state index in [-0.39, 0.29) is 18.2 Å². The lowest BCUT2D eigenvalue weighted by Crippen LogP contribution is -2.28. The van der Waals surface area contributed by atoms with Gasteiger partial charge in [-0.15, -0.1) is 0 Å². The number of esters is 1. The summed E-state index contributed by atoms with van der Waals surface area (Å²) < 4.78 is 10.9. The minimum absolute atomic E-state index is 0.0737. The number of carbonyl (C=O) groups excluding carboxylic acids is 1. The molecule has 0 unspecified atom stereocenters. The van der Waals surface area contributed by atoms with Crippen LogP contribution in [0.25, 0.3) is 0 Å². The van der Waals surface area contributed by atoms with Gasteiger partial charge in [-0.25, -0.2) is 0 Å². The molecule has 1 heterocycles. The van der Waals surface area contributed by atoms with Crippen molar-refractivity contribution in [2.45, 2.75) is 173 Å². The van der Waals surface area contributed by atoms with E-state index in [0.29, 0.717) is 18.4 Å². The van der Waals surface area contributed by atoms with Crippen molar-refractivity contribution in [2.24, 2.45) is 5.92 Å². The molecule has 1 N–H and O–H groups in total. The summed E-state index contributed by atoms with van der Waals surface area (Å²) in [6, 6.07) is 0. The van der Waals surface area contributed by atoms with Crippen LogP contribution in [0, 0.1) is 5.92 Å². The molecule has 34 heavy (non-hydrogen) atoms. The molecule has 4 nitrogen and oxygen atoms in total. The maximum atomic E-state index is 11.1. The number of aliphatic hydroxyl groups excluding tert-OH is 1. The Labute approximate surface area is 211 Å². The molecule has 4 atom stereocenters. The fraction of sp³-hybridized carbons (Fsp3) is 0.967. The van der Waals surface area contributed by atoms with Crippen LogP contribution in [-0.2, 0) is 14.3 Å². The Balaban J connectivity index is 1.92. The second-order valence-corrected chi connectivity index (χ2v) is 11.0. The van der Waals surface area contributed by atoms with Crippen molar-refractivity contribution in [2.75, 3.05) is 7.11 Å². The van der Waals surface area contributed by atoms with Crippen LogP contribution in [0.3, 0.4) is 0 Å². The summed E-state index contributed by atoms with van der Waals surface area (Å²) in [4.78, 5) is 11.1. The quantitative estimate of drug-likeness (QED) is 0.117. The minimum Gasteiger partial charge on any atom is -0.469 e. The lowest BCUT2D eigenvalue weighted by molar-refractivity contribution is -0.140. The number of aliphatic hydroxyl groups is 1. The average Bonchev–Trinajstić information content (AvgIpc) is 3.31. The Kier molecular flexibility index (Phi) is 20.0.